The summed E-state index contributed by atoms with van der Waals surface area (Å²) in [5, 5.41) is 8.57. The number of anilines is 3. The molecule has 8 heteroatoms. The molecule has 0 unspecified atom stereocenters. The highest BCUT2D eigenvalue weighted by molar-refractivity contribution is 5.92. The molecular weight excluding hydrogens is 356 g/mol. The van der Waals surface area contributed by atoms with Crippen LogP contribution >= 0.6 is 0 Å². The Morgan fingerprint density at radius 2 is 1.82 bits per heavy atom. The molecule has 0 fully saturated rings. The van der Waals surface area contributed by atoms with Crippen LogP contribution in [-0.2, 0) is 11.3 Å². The number of carbonyl (C=O) groups is 2. The van der Waals surface area contributed by atoms with E-state index in [1.165, 1.54) is 6.92 Å². The summed E-state index contributed by atoms with van der Waals surface area (Å²) in [6.07, 6.45) is 1.67. The van der Waals surface area contributed by atoms with E-state index in [9.17, 15) is 9.59 Å². The van der Waals surface area contributed by atoms with E-state index in [2.05, 4.69) is 30.9 Å². The van der Waals surface area contributed by atoms with Gasteiger partial charge in [-0.25, -0.2) is 9.97 Å². The Hall–Kier alpha value is -3.81. The number of rotatable bonds is 6. The number of nitrogens with one attached hydrogen (secondary N) is 3. The van der Waals surface area contributed by atoms with Gasteiger partial charge in [0.1, 0.15) is 5.69 Å². The average molecular weight is 376 g/mol. The summed E-state index contributed by atoms with van der Waals surface area (Å²) in [4.78, 5) is 36.4. The predicted molar refractivity (Wildman–Crippen MR) is 106 cm³/mol. The number of amides is 2. The summed E-state index contributed by atoms with van der Waals surface area (Å²) in [7, 11) is 0. The third kappa shape index (κ3) is 5.34. The zero-order valence-electron chi connectivity index (χ0n) is 15.6. The summed E-state index contributed by atoms with van der Waals surface area (Å²) in [5.41, 5.74) is 3.01. The topological polar surface area (TPSA) is 109 Å². The highest BCUT2D eigenvalue weighted by atomic mass is 16.2. The summed E-state index contributed by atoms with van der Waals surface area (Å²) in [6, 6.07) is 14.3. The van der Waals surface area contributed by atoms with Gasteiger partial charge in [-0.1, -0.05) is 12.1 Å². The first-order valence-electron chi connectivity index (χ1n) is 8.68. The number of carbonyl (C=O) groups excluding carboxylic acids is 2. The molecule has 0 atom stereocenters. The lowest BCUT2D eigenvalue weighted by atomic mass is 10.2. The van der Waals surface area contributed by atoms with Gasteiger partial charge in [-0.15, -0.1) is 0 Å². The fraction of sp³-hybridized carbons (Fsp3) is 0.150. The van der Waals surface area contributed by atoms with E-state index in [4.69, 9.17) is 0 Å². The molecule has 0 radical (unpaired) electrons. The van der Waals surface area contributed by atoms with E-state index in [-0.39, 0.29) is 17.5 Å². The van der Waals surface area contributed by atoms with Crippen molar-refractivity contribution in [1.29, 1.82) is 0 Å². The van der Waals surface area contributed by atoms with Crippen molar-refractivity contribution >= 4 is 29.1 Å². The number of benzene rings is 1. The van der Waals surface area contributed by atoms with Crippen LogP contribution in [0.1, 0.15) is 28.8 Å². The van der Waals surface area contributed by atoms with Gasteiger partial charge in [0.2, 0.25) is 11.9 Å². The van der Waals surface area contributed by atoms with Crippen molar-refractivity contribution in [3.05, 3.63) is 71.8 Å². The van der Waals surface area contributed by atoms with Crippen LogP contribution in [0.15, 0.2) is 54.7 Å². The van der Waals surface area contributed by atoms with E-state index in [1.54, 1.807) is 37.4 Å². The predicted octanol–water partition coefficient (Wildman–Crippen LogP) is 2.81. The lowest BCUT2D eigenvalue weighted by Crippen LogP contribution is -2.24. The molecule has 0 aliphatic rings. The zero-order chi connectivity index (χ0) is 19.9. The van der Waals surface area contributed by atoms with E-state index in [1.807, 2.05) is 24.3 Å². The van der Waals surface area contributed by atoms with Gasteiger partial charge in [-0.3, -0.25) is 14.6 Å². The monoisotopic (exact) mass is 376 g/mol. The number of nitrogens with zero attached hydrogens (tertiary/aromatic N) is 3. The first-order chi connectivity index (χ1) is 13.5. The Morgan fingerprint density at radius 3 is 2.57 bits per heavy atom. The number of aromatic nitrogens is 3. The van der Waals surface area contributed by atoms with E-state index >= 15 is 0 Å². The minimum Gasteiger partial charge on any atom is -0.345 e. The highest BCUT2D eigenvalue weighted by Crippen LogP contribution is 2.18. The number of pyridine rings is 1. The lowest BCUT2D eigenvalue weighted by Gasteiger charge is -2.10. The molecule has 0 spiro atoms. The number of hydrogen-bond donors (Lipinski definition) is 3. The molecule has 0 aliphatic heterocycles. The standard InChI is InChI=1S/C20H20N6O2/c1-13-10-18(19(28)22-12-17-6-3-4-9-21-17)26-20(23-13)25-16-8-5-7-15(11-16)24-14(2)27/h3-11H,12H2,1-2H3,(H,22,28)(H,24,27)(H,23,25,26). The van der Waals surface area contributed by atoms with Crippen molar-refractivity contribution < 1.29 is 9.59 Å². The van der Waals surface area contributed by atoms with Crippen LogP contribution in [0.5, 0.6) is 0 Å². The van der Waals surface area contributed by atoms with Crippen LogP contribution in [0.25, 0.3) is 0 Å². The van der Waals surface area contributed by atoms with Gasteiger partial charge in [-0.2, -0.15) is 0 Å². The zero-order valence-corrected chi connectivity index (χ0v) is 15.6. The number of aryl methyl sites for hydroxylation is 1. The van der Waals surface area contributed by atoms with Gasteiger partial charge in [0.15, 0.2) is 0 Å². The lowest BCUT2D eigenvalue weighted by molar-refractivity contribution is -0.114. The Balaban J connectivity index is 1.72. The second-order valence-corrected chi connectivity index (χ2v) is 6.11. The van der Waals surface area contributed by atoms with Crippen LogP contribution in [0.4, 0.5) is 17.3 Å². The van der Waals surface area contributed by atoms with Crippen molar-refractivity contribution in [3.8, 4) is 0 Å². The molecule has 0 saturated heterocycles. The Bertz CT molecular complexity index is 991. The quantitative estimate of drug-likeness (QED) is 0.610. The first-order valence-corrected chi connectivity index (χ1v) is 8.68. The second kappa shape index (κ2) is 8.72. The molecule has 3 N–H and O–H groups in total. The van der Waals surface area contributed by atoms with Gasteiger partial charge in [0, 0.05) is 30.2 Å². The summed E-state index contributed by atoms with van der Waals surface area (Å²) in [5.74, 6) is -0.176. The van der Waals surface area contributed by atoms with Crippen LogP contribution < -0.4 is 16.0 Å². The molecule has 2 heterocycles. The molecule has 0 saturated carbocycles. The summed E-state index contributed by atoms with van der Waals surface area (Å²) in [6.45, 7) is 3.54. The molecule has 142 valence electrons. The van der Waals surface area contributed by atoms with Crippen molar-refractivity contribution in [1.82, 2.24) is 20.3 Å². The molecule has 2 amide bonds. The summed E-state index contributed by atoms with van der Waals surface area (Å²) < 4.78 is 0. The van der Waals surface area contributed by atoms with Crippen molar-refractivity contribution in [2.45, 2.75) is 20.4 Å². The van der Waals surface area contributed by atoms with Crippen LogP contribution in [0.3, 0.4) is 0 Å². The maximum absolute atomic E-state index is 12.4. The molecule has 0 bridgehead atoms. The van der Waals surface area contributed by atoms with Crippen molar-refractivity contribution in [2.75, 3.05) is 10.6 Å². The highest BCUT2D eigenvalue weighted by Gasteiger charge is 2.11. The van der Waals surface area contributed by atoms with E-state index in [0.717, 1.165) is 5.69 Å². The van der Waals surface area contributed by atoms with Crippen LogP contribution in [0.2, 0.25) is 0 Å². The number of hydrogen-bond acceptors (Lipinski definition) is 6. The SMILES string of the molecule is CC(=O)Nc1cccc(Nc2nc(C)cc(C(=O)NCc3ccccn3)n2)c1. The normalized spacial score (nSPS) is 10.2. The molecule has 0 aliphatic carbocycles. The fourth-order valence-corrected chi connectivity index (χ4v) is 2.51. The van der Waals surface area contributed by atoms with Gasteiger partial charge in [0.25, 0.3) is 5.91 Å². The molecule has 28 heavy (non-hydrogen) atoms. The van der Waals surface area contributed by atoms with E-state index in [0.29, 0.717) is 29.6 Å². The van der Waals surface area contributed by atoms with E-state index < -0.39 is 0 Å². The average Bonchev–Trinajstić information content (AvgIpc) is 2.66. The maximum Gasteiger partial charge on any atom is 0.270 e. The molecule has 2 aromatic heterocycles. The van der Waals surface area contributed by atoms with Gasteiger partial charge < -0.3 is 16.0 Å². The largest absolute Gasteiger partial charge is 0.345 e. The van der Waals surface area contributed by atoms with Gasteiger partial charge >= 0.3 is 0 Å². The second-order valence-electron chi connectivity index (χ2n) is 6.11. The molecule has 1 aromatic carbocycles. The minimum absolute atomic E-state index is 0.157. The Morgan fingerprint density at radius 1 is 1.00 bits per heavy atom. The van der Waals surface area contributed by atoms with Crippen LogP contribution in [-0.4, -0.2) is 26.8 Å². The molecule has 3 aromatic rings. The van der Waals surface area contributed by atoms with Crippen LogP contribution in [0, 0.1) is 6.92 Å². The van der Waals surface area contributed by atoms with Crippen molar-refractivity contribution in [2.24, 2.45) is 0 Å². The minimum atomic E-state index is -0.314. The molecule has 8 nitrogen and oxygen atoms in total. The third-order valence-electron chi connectivity index (χ3n) is 3.68. The molecule has 3 rings (SSSR count). The Kier molecular flexibility index (Phi) is 5.91. The smallest absolute Gasteiger partial charge is 0.270 e. The van der Waals surface area contributed by atoms with Crippen molar-refractivity contribution in [3.63, 3.8) is 0 Å². The summed E-state index contributed by atoms with van der Waals surface area (Å²) >= 11 is 0. The first kappa shape index (κ1) is 19.0. The molecular formula is C20H20N6O2. The Labute approximate surface area is 162 Å². The van der Waals surface area contributed by atoms with Gasteiger partial charge in [-0.05, 0) is 43.3 Å². The third-order valence-corrected chi connectivity index (χ3v) is 3.68. The van der Waals surface area contributed by atoms with Gasteiger partial charge in [0.05, 0.1) is 12.2 Å². The maximum atomic E-state index is 12.4. The fourth-order valence-electron chi connectivity index (χ4n) is 2.51.